The average molecular weight is 389 g/mol. The number of halogens is 2. The molecule has 0 bridgehead atoms. The van der Waals surface area contributed by atoms with Gasteiger partial charge in [-0.2, -0.15) is 8.78 Å². The van der Waals surface area contributed by atoms with Gasteiger partial charge in [-0.05, 0) is 35.9 Å². The van der Waals surface area contributed by atoms with Crippen LogP contribution in [0, 0.1) is 0 Å². The summed E-state index contributed by atoms with van der Waals surface area (Å²) in [5.74, 6) is -0.510. The molecule has 0 saturated carbocycles. The second-order valence-electron chi connectivity index (χ2n) is 5.83. The molecule has 0 saturated heterocycles. The predicted octanol–water partition coefficient (Wildman–Crippen LogP) is 3.27. The van der Waals surface area contributed by atoms with Gasteiger partial charge in [0, 0.05) is 6.08 Å². The lowest BCUT2D eigenvalue weighted by molar-refractivity contribution is -0.148. The number of methoxy groups -OCH3 is 1. The predicted molar refractivity (Wildman–Crippen MR) is 97.3 cm³/mol. The lowest BCUT2D eigenvalue weighted by atomic mass is 10.1. The zero-order valence-corrected chi connectivity index (χ0v) is 14.9. The van der Waals surface area contributed by atoms with Crippen molar-refractivity contribution in [3.63, 3.8) is 0 Å². The first-order chi connectivity index (χ1) is 13.5. The molecule has 0 radical (unpaired) electrons. The quantitative estimate of drug-likeness (QED) is 0.580. The summed E-state index contributed by atoms with van der Waals surface area (Å²) in [5.41, 5.74) is 1.17. The minimum Gasteiger partial charge on any atom is -0.475 e. The summed E-state index contributed by atoms with van der Waals surface area (Å²) in [6.07, 6.45) is 1.95. The van der Waals surface area contributed by atoms with Gasteiger partial charge in [0.05, 0.1) is 19.3 Å². The van der Waals surface area contributed by atoms with Gasteiger partial charge in [0.2, 0.25) is 6.10 Å². The van der Waals surface area contributed by atoms with Gasteiger partial charge >= 0.3 is 12.6 Å². The Morgan fingerprint density at radius 3 is 2.57 bits per heavy atom. The van der Waals surface area contributed by atoms with E-state index in [1.165, 1.54) is 30.2 Å². The molecular formula is C20H17F2NO5. The van der Waals surface area contributed by atoms with Crippen molar-refractivity contribution >= 4 is 23.6 Å². The van der Waals surface area contributed by atoms with E-state index in [2.05, 4.69) is 4.74 Å². The summed E-state index contributed by atoms with van der Waals surface area (Å²) in [7, 11) is 1.25. The first kappa shape index (κ1) is 19.3. The van der Waals surface area contributed by atoms with E-state index >= 15 is 0 Å². The van der Waals surface area contributed by atoms with Crippen molar-refractivity contribution in [1.29, 1.82) is 0 Å². The Labute approximate surface area is 159 Å². The highest BCUT2D eigenvalue weighted by molar-refractivity contribution is 6.05. The molecular weight excluding hydrogens is 372 g/mol. The van der Waals surface area contributed by atoms with Crippen LogP contribution in [-0.4, -0.2) is 38.2 Å². The summed E-state index contributed by atoms with van der Waals surface area (Å²) in [5, 5.41) is 0. The van der Waals surface area contributed by atoms with Gasteiger partial charge in [-0.1, -0.05) is 24.3 Å². The summed E-state index contributed by atoms with van der Waals surface area (Å²) >= 11 is 0. The van der Waals surface area contributed by atoms with Crippen LogP contribution in [0.2, 0.25) is 0 Å². The number of rotatable bonds is 5. The summed E-state index contributed by atoms with van der Waals surface area (Å²) in [6.45, 7) is -2.89. The molecule has 28 heavy (non-hydrogen) atoms. The molecule has 0 aromatic heterocycles. The number of alkyl halides is 2. The Morgan fingerprint density at radius 1 is 1.18 bits per heavy atom. The van der Waals surface area contributed by atoms with Crippen molar-refractivity contribution in [2.24, 2.45) is 0 Å². The number of carbonyl (C=O) groups is 2. The van der Waals surface area contributed by atoms with Crippen molar-refractivity contribution in [2.75, 3.05) is 18.6 Å². The zero-order valence-electron chi connectivity index (χ0n) is 14.9. The Balaban J connectivity index is 1.77. The molecule has 6 nitrogen and oxygen atoms in total. The van der Waals surface area contributed by atoms with Gasteiger partial charge < -0.3 is 19.1 Å². The lowest BCUT2D eigenvalue weighted by Gasteiger charge is -2.32. The number of ether oxygens (including phenoxy) is 3. The molecule has 0 fully saturated rings. The van der Waals surface area contributed by atoms with Gasteiger partial charge in [-0.25, -0.2) is 4.79 Å². The number of benzene rings is 2. The standard InChI is InChI=1S/C20H17F2NO5/c1-26-19(25)17-12-23(15-4-2-3-5-16(15)28-17)18(24)11-8-13-6-9-14(10-7-13)27-20(21)22/h2-11,17,20H,12H2,1H3. The average Bonchev–Trinajstić information content (AvgIpc) is 2.71. The first-order valence-electron chi connectivity index (χ1n) is 8.36. The Morgan fingerprint density at radius 2 is 1.89 bits per heavy atom. The fourth-order valence-corrected chi connectivity index (χ4v) is 2.72. The molecule has 1 heterocycles. The summed E-state index contributed by atoms with van der Waals surface area (Å²) < 4.78 is 39.0. The largest absolute Gasteiger partial charge is 0.475 e. The van der Waals surface area contributed by atoms with Crippen LogP contribution in [0.1, 0.15) is 5.56 Å². The van der Waals surface area contributed by atoms with Crippen LogP contribution in [0.25, 0.3) is 6.08 Å². The number of para-hydroxylation sites is 2. The SMILES string of the molecule is COC(=O)C1CN(C(=O)C=Cc2ccc(OC(F)F)cc2)c2ccccc2O1. The highest BCUT2D eigenvalue weighted by Gasteiger charge is 2.33. The van der Waals surface area contributed by atoms with E-state index < -0.39 is 18.7 Å². The zero-order chi connectivity index (χ0) is 20.1. The van der Waals surface area contributed by atoms with E-state index in [1.54, 1.807) is 42.5 Å². The molecule has 3 rings (SSSR count). The Bertz CT molecular complexity index is 882. The molecule has 0 aliphatic carbocycles. The highest BCUT2D eigenvalue weighted by atomic mass is 19.3. The van der Waals surface area contributed by atoms with Gasteiger partial charge in [0.1, 0.15) is 11.5 Å². The molecule has 2 aromatic carbocycles. The third-order valence-electron chi connectivity index (χ3n) is 4.03. The van der Waals surface area contributed by atoms with Crippen LogP contribution in [0.3, 0.4) is 0 Å². The van der Waals surface area contributed by atoms with Crippen LogP contribution in [-0.2, 0) is 14.3 Å². The number of esters is 1. The van der Waals surface area contributed by atoms with Crippen molar-refractivity contribution in [2.45, 2.75) is 12.7 Å². The highest BCUT2D eigenvalue weighted by Crippen LogP contribution is 2.33. The van der Waals surface area contributed by atoms with E-state index in [4.69, 9.17) is 9.47 Å². The van der Waals surface area contributed by atoms with Crippen molar-refractivity contribution < 1.29 is 32.6 Å². The van der Waals surface area contributed by atoms with E-state index in [0.29, 0.717) is 17.0 Å². The monoisotopic (exact) mass is 389 g/mol. The number of amides is 1. The molecule has 0 spiro atoms. The second-order valence-corrected chi connectivity index (χ2v) is 5.83. The molecule has 1 amide bonds. The molecule has 8 heteroatoms. The Kier molecular flexibility index (Phi) is 5.88. The fraction of sp³-hybridized carbons (Fsp3) is 0.200. The molecule has 1 atom stereocenters. The van der Waals surface area contributed by atoms with Crippen molar-refractivity contribution in [1.82, 2.24) is 0 Å². The number of carbonyl (C=O) groups excluding carboxylic acids is 2. The maximum Gasteiger partial charge on any atom is 0.387 e. The van der Waals surface area contributed by atoms with Crippen LogP contribution >= 0.6 is 0 Å². The van der Waals surface area contributed by atoms with Gasteiger partial charge in [-0.15, -0.1) is 0 Å². The summed E-state index contributed by atoms with van der Waals surface area (Å²) in [4.78, 5) is 26.0. The number of hydrogen-bond donors (Lipinski definition) is 0. The third kappa shape index (κ3) is 4.46. The molecule has 146 valence electrons. The molecule has 1 aliphatic rings. The van der Waals surface area contributed by atoms with Crippen LogP contribution in [0.4, 0.5) is 14.5 Å². The fourth-order valence-electron chi connectivity index (χ4n) is 2.72. The third-order valence-corrected chi connectivity index (χ3v) is 4.03. The number of nitrogens with zero attached hydrogens (tertiary/aromatic N) is 1. The minimum absolute atomic E-state index is 0.00796. The van der Waals surface area contributed by atoms with E-state index in [9.17, 15) is 18.4 Å². The van der Waals surface area contributed by atoms with E-state index in [-0.39, 0.29) is 18.2 Å². The minimum atomic E-state index is -2.90. The molecule has 1 unspecified atom stereocenters. The second kappa shape index (κ2) is 8.51. The van der Waals surface area contributed by atoms with Gasteiger partial charge in [0.25, 0.3) is 5.91 Å². The number of hydrogen-bond acceptors (Lipinski definition) is 5. The maximum atomic E-state index is 12.7. The van der Waals surface area contributed by atoms with E-state index in [0.717, 1.165) is 0 Å². The summed E-state index contributed by atoms with van der Waals surface area (Å²) in [6, 6.07) is 12.7. The lowest BCUT2D eigenvalue weighted by Crippen LogP contribution is -2.47. The maximum absolute atomic E-state index is 12.7. The van der Waals surface area contributed by atoms with E-state index in [1.807, 2.05) is 0 Å². The topological polar surface area (TPSA) is 65.1 Å². The van der Waals surface area contributed by atoms with Crippen molar-refractivity contribution in [3.05, 3.63) is 60.2 Å². The van der Waals surface area contributed by atoms with Crippen molar-refractivity contribution in [3.8, 4) is 11.5 Å². The van der Waals surface area contributed by atoms with Crippen LogP contribution < -0.4 is 14.4 Å². The molecule has 0 N–H and O–H groups in total. The van der Waals surface area contributed by atoms with Crippen LogP contribution in [0.15, 0.2) is 54.6 Å². The molecule has 1 aliphatic heterocycles. The number of fused-ring (bicyclic) bond motifs is 1. The van der Waals surface area contributed by atoms with Crippen LogP contribution in [0.5, 0.6) is 11.5 Å². The van der Waals surface area contributed by atoms with Gasteiger partial charge in [-0.3, -0.25) is 4.79 Å². The first-order valence-corrected chi connectivity index (χ1v) is 8.36. The smallest absolute Gasteiger partial charge is 0.387 e. The molecule has 2 aromatic rings. The Hall–Kier alpha value is -3.42. The number of anilines is 1. The normalized spacial score (nSPS) is 15.9. The van der Waals surface area contributed by atoms with Gasteiger partial charge in [0.15, 0.2) is 0 Å².